The van der Waals surface area contributed by atoms with Crippen molar-refractivity contribution in [3.8, 4) is 23.3 Å². The number of nitrogens with zero attached hydrogens (tertiary/aromatic N) is 4. The Bertz CT molecular complexity index is 1300. The van der Waals surface area contributed by atoms with Gasteiger partial charge in [-0.3, -0.25) is 9.48 Å². The van der Waals surface area contributed by atoms with Gasteiger partial charge in [0.15, 0.2) is 11.5 Å². The minimum Gasteiger partial charge on any atom is -0.493 e. The van der Waals surface area contributed by atoms with E-state index >= 15 is 0 Å². The smallest absolute Gasteiger partial charge is 0.246 e. The normalized spacial score (nSPS) is 15.3. The van der Waals surface area contributed by atoms with Crippen molar-refractivity contribution in [2.45, 2.75) is 12.5 Å². The lowest BCUT2D eigenvalue weighted by Gasteiger charge is -2.15. The van der Waals surface area contributed by atoms with Gasteiger partial charge in [0.2, 0.25) is 11.7 Å². The lowest BCUT2D eigenvalue weighted by atomic mass is 10.1. The van der Waals surface area contributed by atoms with E-state index in [2.05, 4.69) is 28.5 Å². The summed E-state index contributed by atoms with van der Waals surface area (Å²) in [4.78, 5) is 17.9. The standard InChI is InChI=1S/C23H21ClFN5O3/c1-4-19(31)29-8-7-14(12-29)30-22-15(24)11-27-23(26)20(22)16(28-30)6-5-13-9-17(32-2)21(25)18(10-13)33-3/h4,9-11,14H,1,7-8,12H2,2-3H3,(H2,26,27)/t14-/m0/s1. The molecule has 1 fully saturated rings. The number of fused-ring (bicyclic) bond motifs is 1. The van der Waals surface area contributed by atoms with Crippen molar-refractivity contribution in [2.24, 2.45) is 0 Å². The van der Waals surface area contributed by atoms with E-state index in [1.165, 1.54) is 38.6 Å². The number of benzene rings is 1. The van der Waals surface area contributed by atoms with Gasteiger partial charge in [0.05, 0.1) is 42.4 Å². The molecule has 1 amide bonds. The first-order valence-electron chi connectivity index (χ1n) is 10.0. The van der Waals surface area contributed by atoms with Crippen molar-refractivity contribution in [2.75, 3.05) is 33.0 Å². The van der Waals surface area contributed by atoms with Crippen LogP contribution in [0.3, 0.4) is 0 Å². The topological polar surface area (TPSA) is 95.5 Å². The van der Waals surface area contributed by atoms with E-state index in [9.17, 15) is 9.18 Å². The van der Waals surface area contributed by atoms with Gasteiger partial charge in [0.25, 0.3) is 0 Å². The zero-order valence-corrected chi connectivity index (χ0v) is 18.8. The van der Waals surface area contributed by atoms with E-state index in [4.69, 9.17) is 26.8 Å². The van der Waals surface area contributed by atoms with Crippen molar-refractivity contribution < 1.29 is 18.7 Å². The maximum absolute atomic E-state index is 14.2. The molecule has 4 rings (SSSR count). The number of carbonyl (C=O) groups is 1. The quantitative estimate of drug-likeness (QED) is 0.466. The van der Waals surface area contributed by atoms with Crippen LogP contribution in [0, 0.1) is 17.7 Å². The molecule has 0 spiro atoms. The van der Waals surface area contributed by atoms with Gasteiger partial charge in [-0.1, -0.05) is 24.1 Å². The van der Waals surface area contributed by atoms with E-state index in [0.29, 0.717) is 46.7 Å². The number of nitrogens with two attached hydrogens (primary N) is 1. The Morgan fingerprint density at radius 2 is 2.03 bits per heavy atom. The van der Waals surface area contributed by atoms with Crippen LogP contribution < -0.4 is 15.2 Å². The molecule has 8 nitrogen and oxygen atoms in total. The van der Waals surface area contributed by atoms with Gasteiger partial charge >= 0.3 is 0 Å². The molecule has 3 aromatic rings. The second kappa shape index (κ2) is 9.00. The monoisotopic (exact) mass is 469 g/mol. The first-order chi connectivity index (χ1) is 15.9. The van der Waals surface area contributed by atoms with Crippen LogP contribution in [0.25, 0.3) is 10.9 Å². The third kappa shape index (κ3) is 4.05. The highest BCUT2D eigenvalue weighted by molar-refractivity contribution is 6.35. The van der Waals surface area contributed by atoms with Gasteiger partial charge in [-0.2, -0.15) is 9.49 Å². The Morgan fingerprint density at radius 3 is 2.67 bits per heavy atom. The largest absolute Gasteiger partial charge is 0.493 e. The third-order valence-electron chi connectivity index (χ3n) is 5.48. The van der Waals surface area contributed by atoms with Crippen LogP contribution in [0.5, 0.6) is 11.5 Å². The average Bonchev–Trinajstić information content (AvgIpc) is 3.46. The summed E-state index contributed by atoms with van der Waals surface area (Å²) in [6.07, 6.45) is 3.45. The molecule has 170 valence electrons. The van der Waals surface area contributed by atoms with E-state index in [1.54, 1.807) is 9.58 Å². The summed E-state index contributed by atoms with van der Waals surface area (Å²) in [5.74, 6) is 5.46. The minimum atomic E-state index is -0.611. The molecule has 0 bridgehead atoms. The number of hydrogen-bond acceptors (Lipinski definition) is 6. The molecular formula is C23H21ClFN5O3. The molecule has 10 heteroatoms. The number of nitrogen functional groups attached to an aromatic ring is 1. The first-order valence-corrected chi connectivity index (χ1v) is 10.4. The number of hydrogen-bond donors (Lipinski definition) is 1. The molecule has 2 aromatic heterocycles. The molecule has 33 heavy (non-hydrogen) atoms. The predicted octanol–water partition coefficient (Wildman–Crippen LogP) is 3.18. The Hall–Kier alpha value is -3.77. The number of anilines is 1. The molecule has 3 heterocycles. The Balaban J connectivity index is 1.81. The van der Waals surface area contributed by atoms with E-state index in [-0.39, 0.29) is 29.3 Å². The Labute approximate surface area is 194 Å². The number of ether oxygens (including phenoxy) is 2. The summed E-state index contributed by atoms with van der Waals surface area (Å²) >= 11 is 6.47. The molecular weight excluding hydrogens is 449 g/mol. The molecule has 1 aliphatic heterocycles. The summed E-state index contributed by atoms with van der Waals surface area (Å²) in [7, 11) is 2.72. The fraction of sp³-hybridized carbons (Fsp3) is 0.261. The fourth-order valence-corrected chi connectivity index (χ4v) is 4.08. The van der Waals surface area contributed by atoms with Gasteiger partial charge in [-0.15, -0.1) is 0 Å². The number of pyridine rings is 1. The number of amides is 1. The van der Waals surface area contributed by atoms with Crippen molar-refractivity contribution >= 4 is 34.2 Å². The van der Waals surface area contributed by atoms with E-state index in [1.807, 2.05) is 0 Å². The van der Waals surface area contributed by atoms with Crippen LogP contribution in [-0.4, -0.2) is 52.9 Å². The molecule has 2 N–H and O–H groups in total. The predicted molar refractivity (Wildman–Crippen MR) is 123 cm³/mol. The van der Waals surface area contributed by atoms with E-state index < -0.39 is 5.82 Å². The number of halogens is 2. The maximum Gasteiger partial charge on any atom is 0.246 e. The van der Waals surface area contributed by atoms with Gasteiger partial charge < -0.3 is 20.1 Å². The molecule has 1 aliphatic rings. The SMILES string of the molecule is C=CC(=O)N1CC[C@H](n2nc(C#Cc3cc(OC)c(F)c(OC)c3)c3c(N)ncc(Cl)c32)C1. The second-order valence-electron chi connectivity index (χ2n) is 7.38. The summed E-state index contributed by atoms with van der Waals surface area (Å²) in [6, 6.07) is 2.82. The molecule has 1 atom stereocenters. The van der Waals surface area contributed by atoms with Crippen LogP contribution in [0.1, 0.15) is 23.7 Å². The molecule has 0 aliphatic carbocycles. The first kappa shape index (κ1) is 22.4. The Kier molecular flexibility index (Phi) is 6.11. The lowest BCUT2D eigenvalue weighted by Crippen LogP contribution is -2.27. The summed E-state index contributed by atoms with van der Waals surface area (Å²) in [6.45, 7) is 4.58. The number of aromatic nitrogens is 3. The summed E-state index contributed by atoms with van der Waals surface area (Å²) in [5.41, 5.74) is 7.59. The maximum atomic E-state index is 14.2. The highest BCUT2D eigenvalue weighted by Gasteiger charge is 2.30. The average molecular weight is 470 g/mol. The van der Waals surface area contributed by atoms with Crippen LogP contribution in [0.4, 0.5) is 10.2 Å². The molecule has 0 saturated carbocycles. The second-order valence-corrected chi connectivity index (χ2v) is 7.79. The zero-order chi connectivity index (χ0) is 23.7. The molecule has 0 unspecified atom stereocenters. The van der Waals surface area contributed by atoms with Crippen molar-refractivity contribution in [1.82, 2.24) is 19.7 Å². The van der Waals surface area contributed by atoms with Crippen molar-refractivity contribution in [3.63, 3.8) is 0 Å². The van der Waals surface area contributed by atoms with Gasteiger partial charge in [-0.05, 0) is 30.6 Å². The highest BCUT2D eigenvalue weighted by Crippen LogP contribution is 2.34. The molecule has 1 aromatic carbocycles. The van der Waals surface area contributed by atoms with Crippen LogP contribution in [0.15, 0.2) is 31.0 Å². The van der Waals surface area contributed by atoms with Crippen LogP contribution in [0.2, 0.25) is 5.02 Å². The zero-order valence-electron chi connectivity index (χ0n) is 18.1. The number of methoxy groups -OCH3 is 2. The van der Waals surface area contributed by atoms with Crippen molar-refractivity contribution in [3.05, 3.63) is 53.1 Å². The molecule has 0 radical (unpaired) electrons. The number of rotatable bonds is 4. The van der Waals surface area contributed by atoms with Crippen LogP contribution in [-0.2, 0) is 4.79 Å². The highest BCUT2D eigenvalue weighted by atomic mass is 35.5. The summed E-state index contributed by atoms with van der Waals surface area (Å²) < 4.78 is 26.1. The number of carbonyl (C=O) groups excluding carboxylic acids is 1. The van der Waals surface area contributed by atoms with Crippen LogP contribution >= 0.6 is 11.6 Å². The van der Waals surface area contributed by atoms with Gasteiger partial charge in [0.1, 0.15) is 11.5 Å². The lowest BCUT2D eigenvalue weighted by molar-refractivity contribution is -0.125. The molecule has 1 saturated heterocycles. The Morgan fingerprint density at radius 1 is 1.33 bits per heavy atom. The van der Waals surface area contributed by atoms with Gasteiger partial charge in [-0.25, -0.2) is 4.98 Å². The minimum absolute atomic E-state index is 0.0104. The third-order valence-corrected chi connectivity index (χ3v) is 5.75. The van der Waals surface area contributed by atoms with Gasteiger partial charge in [0, 0.05) is 18.7 Å². The van der Waals surface area contributed by atoms with Crippen molar-refractivity contribution in [1.29, 1.82) is 0 Å². The number of likely N-dealkylation sites (tertiary alicyclic amines) is 1. The van der Waals surface area contributed by atoms with E-state index in [0.717, 1.165) is 0 Å². The summed E-state index contributed by atoms with van der Waals surface area (Å²) in [5, 5.41) is 5.56. The fourth-order valence-electron chi connectivity index (χ4n) is 3.85.